The maximum absolute atomic E-state index is 13.7. The van der Waals surface area contributed by atoms with E-state index in [4.69, 9.17) is 16.7 Å². The van der Waals surface area contributed by atoms with Crippen LogP contribution in [-0.4, -0.2) is 19.5 Å². The fourth-order valence-corrected chi connectivity index (χ4v) is 4.11. The number of carboxylic acid groups (broad SMARTS) is 1. The first-order valence-corrected chi connectivity index (χ1v) is 8.24. The van der Waals surface area contributed by atoms with Crippen LogP contribution in [-0.2, 0) is 21.2 Å². The van der Waals surface area contributed by atoms with Crippen LogP contribution in [0.4, 0.5) is 10.1 Å². The highest BCUT2D eigenvalue weighted by atomic mass is 35.5. The molecule has 0 aliphatic heterocycles. The number of rotatable bonds is 5. The molecule has 0 fully saturated rings. The average Bonchev–Trinajstić information content (AvgIpc) is 2.83. The fraction of sp³-hybridized carbons (Fsp3) is 0.0833. The molecule has 0 amide bonds. The first-order valence-electron chi connectivity index (χ1n) is 5.57. The summed E-state index contributed by atoms with van der Waals surface area (Å²) in [7, 11) is -3.99. The molecule has 0 aliphatic carbocycles. The number of benzene rings is 1. The van der Waals surface area contributed by atoms with Gasteiger partial charge in [-0.3, -0.25) is 9.52 Å². The molecule has 2 aromatic rings. The Bertz CT molecular complexity index is 788. The molecule has 2 rings (SSSR count). The zero-order valence-electron chi connectivity index (χ0n) is 10.3. The molecule has 0 bridgehead atoms. The molecule has 0 radical (unpaired) electrons. The van der Waals surface area contributed by atoms with Gasteiger partial charge < -0.3 is 5.11 Å². The van der Waals surface area contributed by atoms with E-state index in [1.165, 1.54) is 30.3 Å². The van der Waals surface area contributed by atoms with E-state index in [0.717, 1.165) is 11.3 Å². The largest absolute Gasteiger partial charge is 0.481 e. The van der Waals surface area contributed by atoms with E-state index in [-0.39, 0.29) is 21.3 Å². The number of carboxylic acids is 1. The summed E-state index contributed by atoms with van der Waals surface area (Å²) in [6, 6.07) is 6.62. The van der Waals surface area contributed by atoms with E-state index in [0.29, 0.717) is 4.88 Å². The van der Waals surface area contributed by atoms with Gasteiger partial charge in [0.25, 0.3) is 10.0 Å². The van der Waals surface area contributed by atoms with E-state index < -0.39 is 21.8 Å². The van der Waals surface area contributed by atoms with Crippen molar-refractivity contribution >= 4 is 44.6 Å². The van der Waals surface area contributed by atoms with E-state index in [9.17, 15) is 17.6 Å². The first kappa shape index (κ1) is 15.7. The molecule has 0 aliphatic rings. The monoisotopic (exact) mass is 349 g/mol. The number of halogens is 2. The van der Waals surface area contributed by atoms with Crippen LogP contribution in [0.15, 0.2) is 34.5 Å². The predicted molar refractivity (Wildman–Crippen MR) is 77.9 cm³/mol. The quantitative estimate of drug-likeness (QED) is 0.869. The van der Waals surface area contributed by atoms with Gasteiger partial charge in [-0.25, -0.2) is 12.8 Å². The fourth-order valence-electron chi connectivity index (χ4n) is 1.52. The van der Waals surface area contributed by atoms with Crippen LogP contribution >= 0.6 is 22.9 Å². The maximum Gasteiger partial charge on any atom is 0.308 e. The van der Waals surface area contributed by atoms with Crippen LogP contribution in [0.25, 0.3) is 0 Å². The minimum Gasteiger partial charge on any atom is -0.481 e. The van der Waals surface area contributed by atoms with Gasteiger partial charge in [0.2, 0.25) is 0 Å². The molecule has 1 aromatic carbocycles. The molecule has 0 unspecified atom stereocenters. The Labute approximate surface area is 129 Å². The minimum absolute atomic E-state index is 0.0990. The van der Waals surface area contributed by atoms with Crippen molar-refractivity contribution in [3.05, 3.63) is 46.0 Å². The van der Waals surface area contributed by atoms with Crippen molar-refractivity contribution in [3.8, 4) is 0 Å². The summed E-state index contributed by atoms with van der Waals surface area (Å²) in [4.78, 5) is 11.0. The summed E-state index contributed by atoms with van der Waals surface area (Å²) < 4.78 is 39.9. The highest BCUT2D eigenvalue weighted by Gasteiger charge is 2.20. The highest BCUT2D eigenvalue weighted by molar-refractivity contribution is 7.94. The molecule has 0 atom stereocenters. The summed E-state index contributed by atoms with van der Waals surface area (Å²) >= 11 is 6.39. The molecule has 0 saturated carbocycles. The Hall–Kier alpha value is -1.64. The molecule has 5 nitrogen and oxygen atoms in total. The van der Waals surface area contributed by atoms with Gasteiger partial charge in [0.1, 0.15) is 4.21 Å². The van der Waals surface area contributed by atoms with Crippen LogP contribution in [0.1, 0.15) is 4.88 Å². The van der Waals surface area contributed by atoms with Crippen molar-refractivity contribution in [2.75, 3.05) is 4.72 Å². The summed E-state index contributed by atoms with van der Waals surface area (Å²) in [5.41, 5.74) is -0.268. The Morgan fingerprint density at radius 3 is 2.71 bits per heavy atom. The Balaban J connectivity index is 2.28. The van der Waals surface area contributed by atoms with Crippen molar-refractivity contribution in [2.24, 2.45) is 0 Å². The second-order valence-corrected chi connectivity index (χ2v) is 7.48. The minimum atomic E-state index is -3.99. The molecule has 0 saturated heterocycles. The Morgan fingerprint density at radius 2 is 2.05 bits per heavy atom. The number of sulfonamides is 1. The average molecular weight is 350 g/mol. The van der Waals surface area contributed by atoms with Gasteiger partial charge in [0, 0.05) is 4.88 Å². The zero-order valence-corrected chi connectivity index (χ0v) is 12.7. The van der Waals surface area contributed by atoms with Crippen molar-refractivity contribution in [2.45, 2.75) is 10.6 Å². The number of carbonyl (C=O) groups is 1. The molecule has 1 aromatic heterocycles. The van der Waals surface area contributed by atoms with Crippen LogP contribution in [0.3, 0.4) is 0 Å². The number of anilines is 1. The van der Waals surface area contributed by atoms with Crippen molar-refractivity contribution in [1.82, 2.24) is 0 Å². The standard InChI is InChI=1S/C12H9ClFNO4S2/c13-8-2-1-3-9(12(8)14)15-21(18,19)11-5-4-7(20-11)6-10(16)17/h1-5,15H,6H2,(H,16,17). The summed E-state index contributed by atoms with van der Waals surface area (Å²) in [5, 5.41) is 8.46. The third kappa shape index (κ3) is 3.72. The van der Waals surface area contributed by atoms with Crippen molar-refractivity contribution in [3.63, 3.8) is 0 Å². The normalized spacial score (nSPS) is 11.3. The van der Waals surface area contributed by atoms with Gasteiger partial charge in [-0.05, 0) is 24.3 Å². The van der Waals surface area contributed by atoms with Gasteiger partial charge in [0.15, 0.2) is 5.82 Å². The number of aliphatic carboxylic acids is 1. The van der Waals surface area contributed by atoms with Gasteiger partial charge in [-0.15, -0.1) is 11.3 Å². The molecular formula is C12H9ClFNO4S2. The molecular weight excluding hydrogens is 341 g/mol. The third-order valence-electron chi connectivity index (χ3n) is 2.42. The van der Waals surface area contributed by atoms with Gasteiger partial charge in [0.05, 0.1) is 17.1 Å². The van der Waals surface area contributed by atoms with Gasteiger partial charge in [-0.2, -0.15) is 0 Å². The molecule has 112 valence electrons. The topological polar surface area (TPSA) is 83.5 Å². The molecule has 21 heavy (non-hydrogen) atoms. The van der Waals surface area contributed by atoms with Crippen molar-refractivity contribution < 1.29 is 22.7 Å². The lowest BCUT2D eigenvalue weighted by molar-refractivity contribution is -0.136. The van der Waals surface area contributed by atoms with Gasteiger partial charge in [-0.1, -0.05) is 17.7 Å². The SMILES string of the molecule is O=C(O)Cc1ccc(S(=O)(=O)Nc2cccc(Cl)c2F)s1. The zero-order chi connectivity index (χ0) is 15.6. The van der Waals surface area contributed by atoms with Crippen LogP contribution < -0.4 is 4.72 Å². The lowest BCUT2D eigenvalue weighted by atomic mass is 10.3. The number of hydrogen-bond acceptors (Lipinski definition) is 4. The molecule has 1 heterocycles. The van der Waals surface area contributed by atoms with Gasteiger partial charge >= 0.3 is 5.97 Å². The number of thiophene rings is 1. The van der Waals surface area contributed by atoms with Crippen molar-refractivity contribution in [1.29, 1.82) is 0 Å². The second kappa shape index (κ2) is 6.00. The van der Waals surface area contributed by atoms with E-state index >= 15 is 0 Å². The Morgan fingerprint density at radius 1 is 1.33 bits per heavy atom. The van der Waals surface area contributed by atoms with E-state index in [2.05, 4.69) is 4.72 Å². The smallest absolute Gasteiger partial charge is 0.308 e. The Kier molecular flexibility index (Phi) is 4.50. The molecule has 0 spiro atoms. The van der Waals surface area contributed by atoms with Crippen LogP contribution in [0, 0.1) is 5.82 Å². The summed E-state index contributed by atoms with van der Waals surface area (Å²) in [6.45, 7) is 0. The summed E-state index contributed by atoms with van der Waals surface area (Å²) in [6.07, 6.45) is -0.272. The lowest BCUT2D eigenvalue weighted by Crippen LogP contribution is -2.12. The summed E-state index contributed by atoms with van der Waals surface area (Å²) in [5.74, 6) is -1.93. The molecule has 2 N–H and O–H groups in total. The maximum atomic E-state index is 13.7. The second-order valence-electron chi connectivity index (χ2n) is 4.00. The van der Waals surface area contributed by atoms with E-state index in [1.54, 1.807) is 0 Å². The van der Waals surface area contributed by atoms with Crippen LogP contribution in [0.2, 0.25) is 5.02 Å². The predicted octanol–water partition coefficient (Wildman–Crippen LogP) is 2.97. The van der Waals surface area contributed by atoms with Crippen LogP contribution in [0.5, 0.6) is 0 Å². The molecule has 9 heteroatoms. The highest BCUT2D eigenvalue weighted by Crippen LogP contribution is 2.27. The lowest BCUT2D eigenvalue weighted by Gasteiger charge is -2.07. The third-order valence-corrected chi connectivity index (χ3v) is 5.66. The first-order chi connectivity index (χ1) is 9.79. The van der Waals surface area contributed by atoms with E-state index in [1.807, 2.05) is 0 Å². The number of nitrogens with one attached hydrogen (secondary N) is 1. The number of hydrogen-bond donors (Lipinski definition) is 2.